The quantitative estimate of drug-likeness (QED) is 0.773. The van der Waals surface area contributed by atoms with Crippen LogP contribution in [-0.4, -0.2) is 56.9 Å². The number of fused-ring (bicyclic) bond motifs is 1. The van der Waals surface area contributed by atoms with Gasteiger partial charge in [0.05, 0.1) is 13.2 Å². The summed E-state index contributed by atoms with van der Waals surface area (Å²) in [5.74, 6) is -0.196. The summed E-state index contributed by atoms with van der Waals surface area (Å²) in [6, 6.07) is 9.17. The van der Waals surface area contributed by atoms with Crippen molar-refractivity contribution in [2.45, 2.75) is 43.9 Å². The van der Waals surface area contributed by atoms with Crippen LogP contribution in [0.15, 0.2) is 43.0 Å². The molecule has 0 spiro atoms. The predicted molar refractivity (Wildman–Crippen MR) is 93.2 cm³/mol. The molecule has 1 aromatic carbocycles. The van der Waals surface area contributed by atoms with E-state index in [9.17, 15) is 4.79 Å². The molecule has 26 heavy (non-hydrogen) atoms. The maximum atomic E-state index is 11.7. The van der Waals surface area contributed by atoms with Crippen molar-refractivity contribution in [3.8, 4) is 0 Å². The first-order chi connectivity index (χ1) is 12.6. The van der Waals surface area contributed by atoms with Crippen molar-refractivity contribution in [2.24, 2.45) is 0 Å². The predicted octanol–water partition coefficient (Wildman–Crippen LogP) is 1.55. The Morgan fingerprint density at radius 2 is 2.12 bits per heavy atom. The van der Waals surface area contributed by atoms with Gasteiger partial charge in [-0.15, -0.1) is 6.58 Å². The standard InChI is InChI=1S/C19H25NO6/c1-4-10-23-17-15(20-12(2)21)19(22-3)25-14-11-24-18(26-16(14)17)13-8-6-5-7-9-13/h4-9,14-19H,1,10-11H2,2-3H3,(H,20,21)/t14-,15-,16-,17-,18?,19-/m1/s1. The molecule has 0 saturated carbocycles. The second kappa shape index (κ2) is 8.75. The number of carbonyl (C=O) groups is 1. The molecule has 2 saturated heterocycles. The first-order valence-electron chi connectivity index (χ1n) is 8.64. The lowest BCUT2D eigenvalue weighted by Crippen LogP contribution is -2.67. The number of amides is 1. The number of ether oxygens (including phenoxy) is 5. The summed E-state index contributed by atoms with van der Waals surface area (Å²) in [5.41, 5.74) is 0.915. The zero-order valence-corrected chi connectivity index (χ0v) is 15.0. The van der Waals surface area contributed by atoms with Crippen molar-refractivity contribution in [3.63, 3.8) is 0 Å². The number of hydrogen-bond acceptors (Lipinski definition) is 6. The van der Waals surface area contributed by atoms with Crippen LogP contribution in [0.4, 0.5) is 0 Å². The summed E-state index contributed by atoms with van der Waals surface area (Å²) in [4.78, 5) is 11.7. The molecular weight excluding hydrogens is 338 g/mol. The smallest absolute Gasteiger partial charge is 0.217 e. The van der Waals surface area contributed by atoms with Gasteiger partial charge in [0.2, 0.25) is 5.91 Å². The third-order valence-electron chi connectivity index (χ3n) is 4.42. The van der Waals surface area contributed by atoms with Crippen molar-refractivity contribution in [3.05, 3.63) is 48.6 Å². The summed E-state index contributed by atoms with van der Waals surface area (Å²) in [6.07, 6.45) is -0.763. The van der Waals surface area contributed by atoms with Crippen LogP contribution in [0.3, 0.4) is 0 Å². The Labute approximate surface area is 153 Å². The largest absolute Gasteiger partial charge is 0.369 e. The van der Waals surface area contributed by atoms with Gasteiger partial charge in [0, 0.05) is 19.6 Å². The highest BCUT2D eigenvalue weighted by Gasteiger charge is 2.51. The summed E-state index contributed by atoms with van der Waals surface area (Å²) in [6.45, 7) is 5.80. The van der Waals surface area contributed by atoms with Crippen LogP contribution < -0.4 is 5.32 Å². The van der Waals surface area contributed by atoms with Gasteiger partial charge in [0.1, 0.15) is 24.4 Å². The van der Waals surface area contributed by atoms with E-state index in [-0.39, 0.29) is 12.0 Å². The molecule has 0 radical (unpaired) electrons. The molecule has 1 unspecified atom stereocenters. The third kappa shape index (κ3) is 4.13. The van der Waals surface area contributed by atoms with Gasteiger partial charge < -0.3 is 29.0 Å². The van der Waals surface area contributed by atoms with E-state index in [1.54, 1.807) is 6.08 Å². The fraction of sp³-hybridized carbons (Fsp3) is 0.526. The van der Waals surface area contributed by atoms with Crippen molar-refractivity contribution in [1.82, 2.24) is 5.32 Å². The molecule has 2 fully saturated rings. The zero-order chi connectivity index (χ0) is 18.5. The topological polar surface area (TPSA) is 75.3 Å². The van der Waals surface area contributed by atoms with Crippen LogP contribution in [0.25, 0.3) is 0 Å². The fourth-order valence-corrected chi connectivity index (χ4v) is 3.32. The Hall–Kier alpha value is -1.77. The molecule has 0 bridgehead atoms. The monoisotopic (exact) mass is 363 g/mol. The highest BCUT2D eigenvalue weighted by molar-refractivity contribution is 5.73. The van der Waals surface area contributed by atoms with Gasteiger partial charge in [0.15, 0.2) is 12.6 Å². The highest BCUT2D eigenvalue weighted by Crippen LogP contribution is 2.35. The van der Waals surface area contributed by atoms with Crippen molar-refractivity contribution < 1.29 is 28.5 Å². The van der Waals surface area contributed by atoms with E-state index < -0.39 is 30.8 Å². The number of rotatable bonds is 6. The number of nitrogens with one attached hydrogen (secondary N) is 1. The normalized spacial score (nSPS) is 33.9. The van der Waals surface area contributed by atoms with Gasteiger partial charge in [-0.05, 0) is 0 Å². The summed E-state index contributed by atoms with van der Waals surface area (Å²) in [7, 11) is 1.53. The molecule has 0 aliphatic carbocycles. The first-order valence-corrected chi connectivity index (χ1v) is 8.64. The Bertz CT molecular complexity index is 609. The molecule has 1 aromatic rings. The molecular formula is C19H25NO6. The molecule has 2 aliphatic heterocycles. The Morgan fingerprint density at radius 3 is 2.77 bits per heavy atom. The maximum absolute atomic E-state index is 11.7. The van der Waals surface area contributed by atoms with Crippen molar-refractivity contribution in [2.75, 3.05) is 20.3 Å². The van der Waals surface area contributed by atoms with Crippen molar-refractivity contribution in [1.29, 1.82) is 0 Å². The molecule has 2 heterocycles. The van der Waals surface area contributed by atoms with Crippen LogP contribution in [0.1, 0.15) is 18.8 Å². The van der Waals surface area contributed by atoms with E-state index >= 15 is 0 Å². The first kappa shape index (κ1) is 19.0. The molecule has 0 aromatic heterocycles. The lowest BCUT2D eigenvalue weighted by Gasteiger charge is -2.48. The molecule has 142 valence electrons. The van der Waals surface area contributed by atoms with Crippen LogP contribution in [0.2, 0.25) is 0 Å². The molecule has 7 nitrogen and oxygen atoms in total. The minimum Gasteiger partial charge on any atom is -0.369 e. The Morgan fingerprint density at radius 1 is 1.35 bits per heavy atom. The van der Waals surface area contributed by atoms with Crippen LogP contribution in [-0.2, 0) is 28.5 Å². The lowest BCUT2D eigenvalue weighted by atomic mass is 9.95. The van der Waals surface area contributed by atoms with Gasteiger partial charge >= 0.3 is 0 Å². The zero-order valence-electron chi connectivity index (χ0n) is 15.0. The molecule has 1 amide bonds. The number of hydrogen-bond donors (Lipinski definition) is 1. The van der Waals surface area contributed by atoms with E-state index in [0.29, 0.717) is 13.2 Å². The van der Waals surface area contributed by atoms with E-state index in [1.165, 1.54) is 14.0 Å². The maximum Gasteiger partial charge on any atom is 0.217 e. The summed E-state index contributed by atoms with van der Waals surface area (Å²) < 4.78 is 29.3. The summed E-state index contributed by atoms with van der Waals surface area (Å²) >= 11 is 0. The molecule has 3 rings (SSSR count). The SMILES string of the molecule is C=CCO[C@@H]1[C@@H](NC(C)=O)[C@H](OC)O[C@@H]2COC(c3ccccc3)O[C@@H]12. The average molecular weight is 363 g/mol. The number of methoxy groups -OCH3 is 1. The van der Waals surface area contributed by atoms with Gasteiger partial charge in [0.25, 0.3) is 0 Å². The van der Waals surface area contributed by atoms with E-state index in [1.807, 2.05) is 30.3 Å². The molecule has 1 N–H and O–H groups in total. The average Bonchev–Trinajstić information content (AvgIpc) is 2.66. The van der Waals surface area contributed by atoms with Crippen LogP contribution in [0, 0.1) is 0 Å². The third-order valence-corrected chi connectivity index (χ3v) is 4.42. The van der Waals surface area contributed by atoms with Gasteiger partial charge in [-0.1, -0.05) is 36.4 Å². The summed E-state index contributed by atoms with van der Waals surface area (Å²) in [5, 5.41) is 2.86. The van der Waals surface area contributed by atoms with E-state index in [0.717, 1.165) is 5.56 Å². The number of benzene rings is 1. The van der Waals surface area contributed by atoms with Crippen LogP contribution >= 0.6 is 0 Å². The number of carbonyl (C=O) groups excluding carboxylic acids is 1. The van der Waals surface area contributed by atoms with Crippen LogP contribution in [0.5, 0.6) is 0 Å². The Kier molecular flexibility index (Phi) is 6.39. The Balaban J connectivity index is 1.83. The van der Waals surface area contributed by atoms with E-state index in [4.69, 9.17) is 23.7 Å². The minimum atomic E-state index is -0.657. The lowest BCUT2D eigenvalue weighted by molar-refractivity contribution is -0.344. The minimum absolute atomic E-state index is 0.196. The second-order valence-electron chi connectivity index (χ2n) is 6.27. The van der Waals surface area contributed by atoms with Crippen molar-refractivity contribution >= 4 is 5.91 Å². The molecule has 2 aliphatic rings. The second-order valence-corrected chi connectivity index (χ2v) is 6.27. The molecule has 7 heteroatoms. The highest BCUT2D eigenvalue weighted by atomic mass is 16.7. The van der Waals surface area contributed by atoms with Gasteiger partial charge in [-0.25, -0.2) is 0 Å². The van der Waals surface area contributed by atoms with Gasteiger partial charge in [-0.3, -0.25) is 4.79 Å². The fourth-order valence-electron chi connectivity index (χ4n) is 3.32. The van der Waals surface area contributed by atoms with Gasteiger partial charge in [-0.2, -0.15) is 0 Å². The molecule has 6 atom stereocenters. The van der Waals surface area contributed by atoms with E-state index in [2.05, 4.69) is 11.9 Å².